The lowest BCUT2D eigenvalue weighted by Crippen LogP contribution is -2.05. The van der Waals surface area contributed by atoms with Crippen molar-refractivity contribution in [1.82, 2.24) is 20.2 Å². The van der Waals surface area contributed by atoms with Crippen LogP contribution in [0.5, 0.6) is 5.75 Å². The molecule has 1 heterocycles. The van der Waals surface area contributed by atoms with E-state index >= 15 is 0 Å². The van der Waals surface area contributed by atoms with Crippen LogP contribution in [0.2, 0.25) is 0 Å². The fraction of sp³-hybridized carbons (Fsp3) is 0.533. The van der Waals surface area contributed by atoms with Crippen LogP contribution in [0, 0.1) is 5.92 Å². The number of ether oxygens (including phenoxy) is 1. The third-order valence-corrected chi connectivity index (χ3v) is 3.93. The standard InChI is InChI=1S/C15H21N5O/c1-3-6-10-9-12(10)20-15(17-18-19-20)14-11(16)7-5-8-13(14)21-4-2/h5,7-8,10,12H,3-4,6,9,16H2,1-2H3. The Balaban J connectivity index is 1.97. The average Bonchev–Trinajstić information content (AvgIpc) is 3.06. The highest BCUT2D eigenvalue weighted by Crippen LogP contribution is 2.48. The number of nitrogens with two attached hydrogens (primary N) is 1. The zero-order chi connectivity index (χ0) is 14.8. The molecule has 2 atom stereocenters. The molecule has 1 aromatic heterocycles. The summed E-state index contributed by atoms with van der Waals surface area (Å²) in [4.78, 5) is 0. The molecule has 0 saturated heterocycles. The fourth-order valence-electron chi connectivity index (χ4n) is 2.86. The van der Waals surface area contributed by atoms with Gasteiger partial charge in [-0.3, -0.25) is 0 Å². The summed E-state index contributed by atoms with van der Waals surface area (Å²) in [5, 5.41) is 12.2. The normalized spacial score (nSPS) is 20.5. The lowest BCUT2D eigenvalue weighted by Gasteiger charge is -2.12. The fourth-order valence-corrected chi connectivity index (χ4v) is 2.86. The van der Waals surface area contributed by atoms with Crippen molar-refractivity contribution >= 4 is 5.69 Å². The molecule has 0 radical (unpaired) electrons. The van der Waals surface area contributed by atoms with Crippen LogP contribution in [0.1, 0.15) is 39.2 Å². The van der Waals surface area contributed by atoms with Crippen LogP contribution in [0.25, 0.3) is 11.4 Å². The van der Waals surface area contributed by atoms with Gasteiger partial charge in [-0.05, 0) is 48.2 Å². The second-order valence-electron chi connectivity index (χ2n) is 5.45. The van der Waals surface area contributed by atoms with E-state index in [0.717, 1.165) is 17.7 Å². The predicted octanol–water partition coefficient (Wildman–Crippen LogP) is 2.68. The molecule has 6 nitrogen and oxygen atoms in total. The zero-order valence-corrected chi connectivity index (χ0v) is 12.5. The lowest BCUT2D eigenvalue weighted by atomic mass is 10.1. The smallest absolute Gasteiger partial charge is 0.188 e. The molecule has 0 amide bonds. The number of anilines is 1. The molecule has 6 heteroatoms. The van der Waals surface area contributed by atoms with Gasteiger partial charge in [-0.15, -0.1) is 5.10 Å². The quantitative estimate of drug-likeness (QED) is 0.826. The highest BCUT2D eigenvalue weighted by Gasteiger charge is 2.40. The first-order valence-corrected chi connectivity index (χ1v) is 7.55. The Morgan fingerprint density at radius 3 is 3.00 bits per heavy atom. The number of rotatable bonds is 6. The van der Waals surface area contributed by atoms with Gasteiger partial charge in [0.2, 0.25) is 0 Å². The molecule has 2 unspecified atom stereocenters. The molecule has 2 N–H and O–H groups in total. The first kappa shape index (κ1) is 13.9. The highest BCUT2D eigenvalue weighted by atomic mass is 16.5. The first-order valence-electron chi connectivity index (χ1n) is 7.55. The number of benzene rings is 1. The topological polar surface area (TPSA) is 78.9 Å². The predicted molar refractivity (Wildman–Crippen MR) is 80.9 cm³/mol. The molecule has 0 spiro atoms. The van der Waals surface area contributed by atoms with Crippen molar-refractivity contribution in [2.45, 2.75) is 39.2 Å². The van der Waals surface area contributed by atoms with E-state index in [4.69, 9.17) is 10.5 Å². The molecule has 112 valence electrons. The third kappa shape index (κ3) is 2.57. The summed E-state index contributed by atoms with van der Waals surface area (Å²) in [6.07, 6.45) is 3.55. The van der Waals surface area contributed by atoms with Crippen LogP contribution < -0.4 is 10.5 Å². The summed E-state index contributed by atoms with van der Waals surface area (Å²) in [5.74, 6) is 2.12. The van der Waals surface area contributed by atoms with Crippen molar-refractivity contribution in [2.24, 2.45) is 5.92 Å². The molecule has 1 aliphatic carbocycles. The molecular weight excluding hydrogens is 266 g/mol. The molecule has 2 aromatic rings. The van der Waals surface area contributed by atoms with Crippen LogP contribution in [-0.2, 0) is 0 Å². The molecule has 1 fully saturated rings. The second kappa shape index (κ2) is 5.71. The van der Waals surface area contributed by atoms with Crippen molar-refractivity contribution in [3.8, 4) is 17.1 Å². The number of hydrogen-bond acceptors (Lipinski definition) is 5. The van der Waals surface area contributed by atoms with E-state index in [1.54, 1.807) is 0 Å². The summed E-state index contributed by atoms with van der Waals surface area (Å²) in [5.41, 5.74) is 7.58. The number of hydrogen-bond donors (Lipinski definition) is 1. The minimum absolute atomic E-state index is 0.393. The third-order valence-electron chi connectivity index (χ3n) is 3.93. The van der Waals surface area contributed by atoms with Crippen LogP contribution >= 0.6 is 0 Å². The van der Waals surface area contributed by atoms with E-state index in [9.17, 15) is 0 Å². The lowest BCUT2D eigenvalue weighted by molar-refractivity contribution is 0.341. The SMILES string of the molecule is CCCC1CC1n1nnnc1-c1c(N)cccc1OCC. The first-order chi connectivity index (χ1) is 10.3. The number of nitrogens with zero attached hydrogens (tertiary/aromatic N) is 4. The molecule has 0 bridgehead atoms. The van der Waals surface area contributed by atoms with E-state index in [1.807, 2.05) is 29.8 Å². The van der Waals surface area contributed by atoms with E-state index in [2.05, 4.69) is 22.4 Å². The Bertz CT molecular complexity index is 624. The van der Waals surface area contributed by atoms with Gasteiger partial charge in [-0.1, -0.05) is 19.4 Å². The maximum atomic E-state index is 6.14. The molecule has 1 aromatic carbocycles. The van der Waals surface area contributed by atoms with E-state index < -0.39 is 0 Å². The molecule has 21 heavy (non-hydrogen) atoms. The van der Waals surface area contributed by atoms with Gasteiger partial charge in [0.1, 0.15) is 5.75 Å². The van der Waals surface area contributed by atoms with E-state index in [-0.39, 0.29) is 0 Å². The van der Waals surface area contributed by atoms with Gasteiger partial charge >= 0.3 is 0 Å². The number of nitrogen functional groups attached to an aromatic ring is 1. The van der Waals surface area contributed by atoms with Crippen LogP contribution in [0.4, 0.5) is 5.69 Å². The average molecular weight is 287 g/mol. The van der Waals surface area contributed by atoms with Crippen LogP contribution in [-0.4, -0.2) is 26.8 Å². The van der Waals surface area contributed by atoms with Gasteiger partial charge in [0, 0.05) is 5.69 Å². The minimum Gasteiger partial charge on any atom is -0.493 e. The monoisotopic (exact) mass is 287 g/mol. The Morgan fingerprint density at radius 2 is 2.24 bits per heavy atom. The molecule has 1 saturated carbocycles. The van der Waals surface area contributed by atoms with Gasteiger partial charge in [-0.2, -0.15) is 0 Å². The van der Waals surface area contributed by atoms with Crippen LogP contribution in [0.3, 0.4) is 0 Å². The summed E-state index contributed by atoms with van der Waals surface area (Å²) in [7, 11) is 0. The van der Waals surface area contributed by atoms with Gasteiger partial charge in [0.05, 0.1) is 18.2 Å². The van der Waals surface area contributed by atoms with Crippen molar-refractivity contribution in [3.63, 3.8) is 0 Å². The molecule has 1 aliphatic rings. The second-order valence-corrected chi connectivity index (χ2v) is 5.45. The maximum absolute atomic E-state index is 6.14. The van der Waals surface area contributed by atoms with Crippen molar-refractivity contribution in [1.29, 1.82) is 0 Å². The molecule has 3 rings (SSSR count). The molecule has 0 aliphatic heterocycles. The van der Waals surface area contributed by atoms with Gasteiger partial charge < -0.3 is 10.5 Å². The Kier molecular flexibility index (Phi) is 3.77. The minimum atomic E-state index is 0.393. The van der Waals surface area contributed by atoms with Crippen molar-refractivity contribution in [3.05, 3.63) is 18.2 Å². The zero-order valence-electron chi connectivity index (χ0n) is 12.5. The Morgan fingerprint density at radius 1 is 1.38 bits per heavy atom. The summed E-state index contributed by atoms with van der Waals surface area (Å²) in [6.45, 7) is 4.74. The number of tetrazole rings is 1. The van der Waals surface area contributed by atoms with E-state index in [1.165, 1.54) is 12.8 Å². The largest absolute Gasteiger partial charge is 0.493 e. The molecular formula is C15H21N5O. The summed E-state index contributed by atoms with van der Waals surface area (Å²) >= 11 is 0. The van der Waals surface area contributed by atoms with Crippen molar-refractivity contribution < 1.29 is 4.74 Å². The van der Waals surface area contributed by atoms with E-state index in [0.29, 0.717) is 30.1 Å². The van der Waals surface area contributed by atoms with Crippen molar-refractivity contribution in [2.75, 3.05) is 12.3 Å². The Labute approximate surface area is 124 Å². The summed E-state index contributed by atoms with van der Waals surface area (Å²) < 4.78 is 7.59. The van der Waals surface area contributed by atoms with Gasteiger partial charge in [0.25, 0.3) is 0 Å². The van der Waals surface area contributed by atoms with Gasteiger partial charge in [-0.25, -0.2) is 4.68 Å². The number of aromatic nitrogens is 4. The van der Waals surface area contributed by atoms with Crippen LogP contribution in [0.15, 0.2) is 18.2 Å². The summed E-state index contributed by atoms with van der Waals surface area (Å²) in [6, 6.07) is 6.04. The highest BCUT2D eigenvalue weighted by molar-refractivity contribution is 5.77. The maximum Gasteiger partial charge on any atom is 0.188 e. The Hall–Kier alpha value is -2.11. The van der Waals surface area contributed by atoms with Gasteiger partial charge in [0.15, 0.2) is 5.82 Å².